The van der Waals surface area contributed by atoms with Gasteiger partial charge < -0.3 is 5.11 Å². The minimum Gasteiger partial charge on any atom is -0.384 e. The molecule has 0 aliphatic carbocycles. The largest absolute Gasteiger partial charge is 0.384 e. The van der Waals surface area contributed by atoms with Crippen molar-refractivity contribution >= 4 is 0 Å². The molecule has 0 aromatic heterocycles. The first-order chi connectivity index (χ1) is 10.3. The SMILES string of the molecule is CCN(Cc1ccccc1)Cc1ccccc1C#CCO. The number of aliphatic hydroxyl groups is 1. The molecule has 0 spiro atoms. The second-order valence-corrected chi connectivity index (χ2v) is 4.91. The van der Waals surface area contributed by atoms with Crippen LogP contribution in [0.25, 0.3) is 0 Å². The molecule has 0 heterocycles. The Morgan fingerprint density at radius 2 is 1.67 bits per heavy atom. The van der Waals surface area contributed by atoms with Crippen LogP contribution in [0.2, 0.25) is 0 Å². The van der Waals surface area contributed by atoms with E-state index in [0.717, 1.165) is 25.2 Å². The van der Waals surface area contributed by atoms with Crippen molar-refractivity contribution in [2.45, 2.75) is 20.0 Å². The fourth-order valence-corrected chi connectivity index (χ4v) is 2.28. The molecule has 0 bridgehead atoms. The molecule has 2 heteroatoms. The molecule has 0 saturated carbocycles. The Bertz CT molecular complexity index is 610. The molecule has 0 unspecified atom stereocenters. The van der Waals surface area contributed by atoms with E-state index in [2.05, 4.69) is 54.0 Å². The number of nitrogens with zero attached hydrogens (tertiary/aromatic N) is 1. The predicted molar refractivity (Wildman–Crippen MR) is 86.6 cm³/mol. The molecule has 2 nitrogen and oxygen atoms in total. The monoisotopic (exact) mass is 279 g/mol. The Kier molecular flexibility index (Phi) is 6.02. The minimum atomic E-state index is -0.101. The van der Waals surface area contributed by atoms with Gasteiger partial charge in [-0.1, -0.05) is 67.3 Å². The van der Waals surface area contributed by atoms with E-state index in [1.165, 1.54) is 11.1 Å². The number of hydrogen-bond acceptors (Lipinski definition) is 2. The van der Waals surface area contributed by atoms with Crippen LogP contribution in [0.3, 0.4) is 0 Å². The minimum absolute atomic E-state index is 0.101. The van der Waals surface area contributed by atoms with Gasteiger partial charge in [0.05, 0.1) is 0 Å². The lowest BCUT2D eigenvalue weighted by molar-refractivity contribution is 0.271. The molecule has 1 N–H and O–H groups in total. The maximum absolute atomic E-state index is 8.86. The topological polar surface area (TPSA) is 23.5 Å². The Hall–Kier alpha value is -2.08. The van der Waals surface area contributed by atoms with E-state index in [1.54, 1.807) is 0 Å². The molecule has 0 fully saturated rings. The van der Waals surface area contributed by atoms with Crippen LogP contribution >= 0.6 is 0 Å². The lowest BCUT2D eigenvalue weighted by atomic mass is 10.1. The summed E-state index contributed by atoms with van der Waals surface area (Å²) < 4.78 is 0. The first-order valence-electron chi connectivity index (χ1n) is 7.27. The summed E-state index contributed by atoms with van der Waals surface area (Å²) in [6.07, 6.45) is 0. The third-order valence-electron chi connectivity index (χ3n) is 3.41. The van der Waals surface area contributed by atoms with Crippen molar-refractivity contribution in [1.82, 2.24) is 4.90 Å². The highest BCUT2D eigenvalue weighted by Crippen LogP contribution is 2.13. The molecule has 0 aliphatic rings. The quantitative estimate of drug-likeness (QED) is 0.850. The molecule has 0 atom stereocenters. The molecule has 2 aromatic carbocycles. The lowest BCUT2D eigenvalue weighted by Gasteiger charge is -2.21. The summed E-state index contributed by atoms with van der Waals surface area (Å²) in [6.45, 7) is 4.85. The second-order valence-electron chi connectivity index (χ2n) is 4.91. The number of rotatable bonds is 5. The van der Waals surface area contributed by atoms with E-state index < -0.39 is 0 Å². The summed E-state index contributed by atoms with van der Waals surface area (Å²) in [5, 5.41) is 8.86. The van der Waals surface area contributed by atoms with Crippen LogP contribution in [0.15, 0.2) is 54.6 Å². The van der Waals surface area contributed by atoms with Crippen molar-refractivity contribution in [3.8, 4) is 11.8 Å². The number of benzene rings is 2. The Morgan fingerprint density at radius 1 is 0.952 bits per heavy atom. The van der Waals surface area contributed by atoms with Crippen molar-refractivity contribution in [2.75, 3.05) is 13.2 Å². The Labute approximate surface area is 127 Å². The van der Waals surface area contributed by atoms with Crippen LogP contribution in [0, 0.1) is 11.8 Å². The third-order valence-corrected chi connectivity index (χ3v) is 3.41. The summed E-state index contributed by atoms with van der Waals surface area (Å²) in [5.74, 6) is 5.76. The van der Waals surface area contributed by atoms with Crippen molar-refractivity contribution in [1.29, 1.82) is 0 Å². The summed E-state index contributed by atoms with van der Waals surface area (Å²) in [5.41, 5.74) is 3.52. The molecule has 21 heavy (non-hydrogen) atoms. The maximum Gasteiger partial charge on any atom is 0.104 e. The van der Waals surface area contributed by atoms with Gasteiger partial charge in [0.1, 0.15) is 6.61 Å². The molecule has 0 radical (unpaired) electrons. The van der Waals surface area contributed by atoms with Crippen molar-refractivity contribution in [3.05, 3.63) is 71.3 Å². The third kappa shape index (κ3) is 4.75. The average molecular weight is 279 g/mol. The highest BCUT2D eigenvalue weighted by molar-refractivity contribution is 5.41. The first-order valence-corrected chi connectivity index (χ1v) is 7.27. The molecule has 2 rings (SSSR count). The molecule has 108 valence electrons. The summed E-state index contributed by atoms with van der Waals surface area (Å²) in [4.78, 5) is 2.38. The number of aliphatic hydroxyl groups excluding tert-OH is 1. The second kappa shape index (κ2) is 8.26. The molecular formula is C19H21NO. The van der Waals surface area contributed by atoms with Crippen LogP contribution in [-0.4, -0.2) is 23.2 Å². The van der Waals surface area contributed by atoms with Crippen molar-refractivity contribution in [3.63, 3.8) is 0 Å². The first kappa shape index (κ1) is 15.3. The normalized spacial score (nSPS) is 10.2. The van der Waals surface area contributed by atoms with Crippen LogP contribution in [0.5, 0.6) is 0 Å². The van der Waals surface area contributed by atoms with Gasteiger partial charge in [0.15, 0.2) is 0 Å². The van der Waals surface area contributed by atoms with E-state index in [-0.39, 0.29) is 6.61 Å². The molecular weight excluding hydrogens is 258 g/mol. The van der Waals surface area contributed by atoms with Crippen LogP contribution in [0.1, 0.15) is 23.6 Å². The molecule has 0 aliphatic heterocycles. The fraction of sp³-hybridized carbons (Fsp3) is 0.263. The van der Waals surface area contributed by atoms with E-state index in [9.17, 15) is 0 Å². The maximum atomic E-state index is 8.86. The van der Waals surface area contributed by atoms with Crippen molar-refractivity contribution in [2.24, 2.45) is 0 Å². The molecule has 0 amide bonds. The van der Waals surface area contributed by atoms with E-state index in [4.69, 9.17) is 5.11 Å². The Morgan fingerprint density at radius 3 is 2.38 bits per heavy atom. The standard InChI is InChI=1S/C19H21NO/c1-2-20(15-17-9-4-3-5-10-17)16-19-12-7-6-11-18(19)13-8-14-21/h3-7,9-12,21H,2,14-16H2,1H3. The smallest absolute Gasteiger partial charge is 0.104 e. The summed E-state index contributed by atoms with van der Waals surface area (Å²) >= 11 is 0. The van der Waals surface area contributed by atoms with Crippen molar-refractivity contribution < 1.29 is 5.11 Å². The van der Waals surface area contributed by atoms with Gasteiger partial charge in [-0.2, -0.15) is 0 Å². The van der Waals surface area contributed by atoms with Gasteiger partial charge in [0, 0.05) is 18.7 Å². The van der Waals surface area contributed by atoms with Gasteiger partial charge in [-0.3, -0.25) is 4.90 Å². The average Bonchev–Trinajstić information content (AvgIpc) is 2.54. The highest BCUT2D eigenvalue weighted by atomic mass is 16.2. The highest BCUT2D eigenvalue weighted by Gasteiger charge is 2.07. The van der Waals surface area contributed by atoms with Gasteiger partial charge >= 0.3 is 0 Å². The zero-order valence-corrected chi connectivity index (χ0v) is 12.4. The van der Waals surface area contributed by atoms with E-state index >= 15 is 0 Å². The van der Waals surface area contributed by atoms with Gasteiger partial charge in [-0.25, -0.2) is 0 Å². The molecule has 2 aromatic rings. The predicted octanol–water partition coefficient (Wildman–Crippen LogP) is 3.05. The van der Waals surface area contributed by atoms with E-state index in [0.29, 0.717) is 0 Å². The number of hydrogen-bond donors (Lipinski definition) is 1. The van der Waals surface area contributed by atoms with Gasteiger partial charge in [0.2, 0.25) is 0 Å². The van der Waals surface area contributed by atoms with Crippen LogP contribution in [0.4, 0.5) is 0 Å². The van der Waals surface area contributed by atoms with Crippen LogP contribution in [-0.2, 0) is 13.1 Å². The zero-order valence-electron chi connectivity index (χ0n) is 12.4. The summed E-state index contributed by atoms with van der Waals surface area (Å²) in [6, 6.07) is 18.6. The molecule has 0 saturated heterocycles. The van der Waals surface area contributed by atoms with Gasteiger partial charge in [0.25, 0.3) is 0 Å². The Balaban J connectivity index is 2.11. The lowest BCUT2D eigenvalue weighted by Crippen LogP contribution is -2.22. The fourth-order valence-electron chi connectivity index (χ4n) is 2.28. The van der Waals surface area contributed by atoms with Gasteiger partial charge in [-0.05, 0) is 23.7 Å². The summed E-state index contributed by atoms with van der Waals surface area (Å²) in [7, 11) is 0. The van der Waals surface area contributed by atoms with Crippen LogP contribution < -0.4 is 0 Å². The van der Waals surface area contributed by atoms with Gasteiger partial charge in [-0.15, -0.1) is 0 Å². The zero-order chi connectivity index (χ0) is 14.9. The van der Waals surface area contributed by atoms with E-state index in [1.807, 2.05) is 24.3 Å².